The van der Waals surface area contributed by atoms with Gasteiger partial charge in [-0.3, -0.25) is 0 Å². The van der Waals surface area contributed by atoms with Crippen LogP contribution in [0, 0.1) is 0 Å². The third-order valence-corrected chi connectivity index (χ3v) is 4.50. The fraction of sp³-hybridized carbons (Fsp3) is 0.471. The summed E-state index contributed by atoms with van der Waals surface area (Å²) < 4.78 is 11.0. The van der Waals surface area contributed by atoms with Gasteiger partial charge in [-0.25, -0.2) is 4.99 Å². The minimum absolute atomic E-state index is 0. The van der Waals surface area contributed by atoms with Gasteiger partial charge in [0.1, 0.15) is 5.76 Å². The fourth-order valence-corrected chi connectivity index (χ4v) is 3.16. The average Bonchev–Trinajstić information content (AvgIpc) is 3.33. The number of guanidine groups is 1. The van der Waals surface area contributed by atoms with Crippen LogP contribution in [-0.4, -0.2) is 31.8 Å². The Bertz CT molecular complexity index is 581. The zero-order valence-corrected chi connectivity index (χ0v) is 16.7. The zero-order valence-electron chi connectivity index (χ0n) is 13.6. The molecule has 1 aliphatic heterocycles. The Hall–Kier alpha value is -1.06. The van der Waals surface area contributed by atoms with Crippen LogP contribution in [0.2, 0.25) is 0 Å². The maximum absolute atomic E-state index is 5.66. The molecule has 2 aromatic heterocycles. The predicted octanol–water partition coefficient (Wildman–Crippen LogP) is 3.42. The summed E-state index contributed by atoms with van der Waals surface area (Å²) in [4.78, 5) is 4.66. The molecule has 3 rings (SSSR count). The number of rotatable bonds is 7. The standard InChI is InChI=1S/C17H23N3O2S.HI/c1-3-15(21-8-1)5-7-18-17(19-11-14-6-10-23-13-14)20-12-16-4-2-9-22-16;/h1,3,6,8,10,13,16H,2,4-5,7,9,11-12H2,(H2,18,19,20);1H. The van der Waals surface area contributed by atoms with Crippen molar-refractivity contribution in [1.29, 1.82) is 0 Å². The van der Waals surface area contributed by atoms with E-state index in [1.807, 2.05) is 12.1 Å². The summed E-state index contributed by atoms with van der Waals surface area (Å²) in [6, 6.07) is 6.01. The monoisotopic (exact) mass is 461 g/mol. The first-order valence-corrected chi connectivity index (χ1v) is 9.01. The second-order valence-electron chi connectivity index (χ2n) is 5.57. The van der Waals surface area contributed by atoms with Gasteiger partial charge in [-0.2, -0.15) is 11.3 Å². The van der Waals surface area contributed by atoms with Crippen molar-refractivity contribution in [2.24, 2.45) is 4.99 Å². The van der Waals surface area contributed by atoms with Crippen LogP contribution in [0.25, 0.3) is 0 Å². The third-order valence-electron chi connectivity index (χ3n) is 3.76. The zero-order chi connectivity index (χ0) is 15.7. The lowest BCUT2D eigenvalue weighted by Gasteiger charge is -2.15. The predicted molar refractivity (Wildman–Crippen MR) is 108 cm³/mol. The van der Waals surface area contributed by atoms with Crippen molar-refractivity contribution in [2.45, 2.75) is 31.9 Å². The Kier molecular flexibility index (Phi) is 8.62. The quantitative estimate of drug-likeness (QED) is 0.377. The topological polar surface area (TPSA) is 58.8 Å². The Morgan fingerprint density at radius 3 is 3.00 bits per heavy atom. The highest BCUT2D eigenvalue weighted by molar-refractivity contribution is 14.0. The molecular formula is C17H24IN3O2S. The van der Waals surface area contributed by atoms with Crippen LogP contribution in [0.3, 0.4) is 0 Å². The minimum atomic E-state index is 0. The van der Waals surface area contributed by atoms with Crippen molar-refractivity contribution >= 4 is 41.3 Å². The van der Waals surface area contributed by atoms with Crippen LogP contribution in [0.4, 0.5) is 0 Å². The van der Waals surface area contributed by atoms with Gasteiger partial charge in [-0.05, 0) is 47.4 Å². The van der Waals surface area contributed by atoms with Crippen molar-refractivity contribution in [1.82, 2.24) is 10.6 Å². The lowest BCUT2D eigenvalue weighted by Crippen LogP contribution is -2.41. The van der Waals surface area contributed by atoms with E-state index in [-0.39, 0.29) is 24.0 Å². The number of thiophene rings is 1. The van der Waals surface area contributed by atoms with Gasteiger partial charge in [0.05, 0.1) is 18.9 Å². The first-order valence-electron chi connectivity index (χ1n) is 8.07. The van der Waals surface area contributed by atoms with Gasteiger partial charge in [0, 0.05) is 26.1 Å². The highest BCUT2D eigenvalue weighted by Gasteiger charge is 2.15. The molecule has 132 valence electrons. The van der Waals surface area contributed by atoms with Crippen molar-refractivity contribution < 1.29 is 9.15 Å². The second kappa shape index (κ2) is 10.7. The smallest absolute Gasteiger partial charge is 0.191 e. The van der Waals surface area contributed by atoms with E-state index in [9.17, 15) is 0 Å². The fourth-order valence-electron chi connectivity index (χ4n) is 2.50. The van der Waals surface area contributed by atoms with E-state index in [0.29, 0.717) is 12.6 Å². The van der Waals surface area contributed by atoms with Crippen LogP contribution in [-0.2, 0) is 17.7 Å². The van der Waals surface area contributed by atoms with Gasteiger partial charge in [0.2, 0.25) is 0 Å². The summed E-state index contributed by atoms with van der Waals surface area (Å²) in [7, 11) is 0. The van der Waals surface area contributed by atoms with E-state index < -0.39 is 0 Å². The molecule has 0 radical (unpaired) electrons. The summed E-state index contributed by atoms with van der Waals surface area (Å²) in [5.74, 6) is 1.81. The normalized spacial score (nSPS) is 17.5. The molecule has 0 spiro atoms. The van der Waals surface area contributed by atoms with Crippen LogP contribution in [0.5, 0.6) is 0 Å². The number of nitrogens with zero attached hydrogens (tertiary/aromatic N) is 1. The molecule has 1 atom stereocenters. The summed E-state index contributed by atoms with van der Waals surface area (Å²) in [5, 5.41) is 11.0. The van der Waals surface area contributed by atoms with E-state index in [1.165, 1.54) is 5.56 Å². The Morgan fingerprint density at radius 2 is 2.29 bits per heavy atom. The molecule has 1 fully saturated rings. The number of nitrogens with one attached hydrogen (secondary N) is 2. The van der Waals surface area contributed by atoms with Crippen molar-refractivity contribution in [3.05, 3.63) is 46.5 Å². The van der Waals surface area contributed by atoms with Crippen molar-refractivity contribution in [3.8, 4) is 0 Å². The molecule has 0 aromatic carbocycles. The molecule has 1 aliphatic rings. The number of ether oxygens (including phenoxy) is 1. The van der Waals surface area contributed by atoms with Gasteiger partial charge in [-0.1, -0.05) is 0 Å². The molecule has 0 aliphatic carbocycles. The lowest BCUT2D eigenvalue weighted by atomic mass is 10.2. The van der Waals surface area contributed by atoms with E-state index in [1.54, 1.807) is 17.6 Å². The van der Waals surface area contributed by atoms with Gasteiger partial charge in [-0.15, -0.1) is 24.0 Å². The van der Waals surface area contributed by atoms with Crippen LogP contribution >= 0.6 is 35.3 Å². The number of hydrogen-bond donors (Lipinski definition) is 2. The van der Waals surface area contributed by atoms with E-state index in [0.717, 1.165) is 50.7 Å². The third kappa shape index (κ3) is 6.45. The maximum atomic E-state index is 5.66. The Balaban J connectivity index is 0.00000208. The number of aliphatic imine (C=N–C) groups is 1. The van der Waals surface area contributed by atoms with Crippen LogP contribution < -0.4 is 10.6 Å². The SMILES string of the molecule is I.c1coc(CCNC(=NCc2ccsc2)NCC2CCCO2)c1. The molecule has 1 saturated heterocycles. The summed E-state index contributed by atoms with van der Waals surface area (Å²) >= 11 is 1.70. The molecule has 0 bridgehead atoms. The first kappa shape index (κ1) is 19.3. The van der Waals surface area contributed by atoms with Gasteiger partial charge < -0.3 is 19.8 Å². The van der Waals surface area contributed by atoms with E-state index in [2.05, 4.69) is 32.5 Å². The van der Waals surface area contributed by atoms with Gasteiger partial charge in [0.15, 0.2) is 5.96 Å². The molecule has 5 nitrogen and oxygen atoms in total. The summed E-state index contributed by atoms with van der Waals surface area (Å²) in [6.45, 7) is 3.15. The van der Waals surface area contributed by atoms with E-state index >= 15 is 0 Å². The Labute approximate surface area is 163 Å². The minimum Gasteiger partial charge on any atom is -0.469 e. The molecule has 0 saturated carbocycles. The molecule has 24 heavy (non-hydrogen) atoms. The molecule has 2 N–H and O–H groups in total. The average molecular weight is 461 g/mol. The van der Waals surface area contributed by atoms with Crippen molar-refractivity contribution in [3.63, 3.8) is 0 Å². The summed E-state index contributed by atoms with van der Waals surface area (Å²) in [6.07, 6.45) is 5.12. The molecule has 2 aromatic rings. The molecule has 7 heteroatoms. The lowest BCUT2D eigenvalue weighted by molar-refractivity contribution is 0.114. The molecule has 0 amide bonds. The summed E-state index contributed by atoms with van der Waals surface area (Å²) in [5.41, 5.74) is 1.24. The molecule has 1 unspecified atom stereocenters. The number of halogens is 1. The molecule has 3 heterocycles. The number of furan rings is 1. The van der Waals surface area contributed by atoms with Gasteiger partial charge in [0.25, 0.3) is 0 Å². The maximum Gasteiger partial charge on any atom is 0.191 e. The van der Waals surface area contributed by atoms with E-state index in [4.69, 9.17) is 9.15 Å². The number of hydrogen-bond acceptors (Lipinski definition) is 4. The Morgan fingerprint density at radius 1 is 1.33 bits per heavy atom. The van der Waals surface area contributed by atoms with Crippen molar-refractivity contribution in [2.75, 3.05) is 19.7 Å². The van der Waals surface area contributed by atoms with Gasteiger partial charge >= 0.3 is 0 Å². The van der Waals surface area contributed by atoms with Crippen LogP contribution in [0.1, 0.15) is 24.2 Å². The largest absolute Gasteiger partial charge is 0.469 e. The molecular weight excluding hydrogens is 437 g/mol. The highest BCUT2D eigenvalue weighted by atomic mass is 127. The second-order valence-corrected chi connectivity index (χ2v) is 6.35. The first-order chi connectivity index (χ1) is 11.4. The highest BCUT2D eigenvalue weighted by Crippen LogP contribution is 2.10. The van der Waals surface area contributed by atoms with Crippen LogP contribution in [0.15, 0.2) is 44.6 Å².